The molecule has 0 aliphatic carbocycles. The molecule has 0 saturated carbocycles. The first-order valence-electron chi connectivity index (χ1n) is 6.28. The van der Waals surface area contributed by atoms with E-state index in [1.807, 2.05) is 0 Å². The fourth-order valence-corrected chi connectivity index (χ4v) is 3.73. The van der Waals surface area contributed by atoms with E-state index in [-0.39, 0.29) is 4.83 Å². The minimum Gasteiger partial charge on any atom is -0.0786 e. The largest absolute Gasteiger partial charge is 0.0786 e. The molecule has 18 heavy (non-hydrogen) atoms. The number of halogens is 1. The normalized spacial score (nSPS) is 12.5. The van der Waals surface area contributed by atoms with Crippen molar-refractivity contribution in [2.75, 3.05) is 0 Å². The summed E-state index contributed by atoms with van der Waals surface area (Å²) in [5, 5.41) is 0. The van der Waals surface area contributed by atoms with Gasteiger partial charge in [0.2, 0.25) is 0 Å². The smallest absolute Gasteiger partial charge is 0.0652 e. The fraction of sp³-hybridized carbons (Fsp3) is 0.294. The molecule has 2 rings (SSSR count). The highest BCUT2D eigenvalue weighted by molar-refractivity contribution is 9.09. The molecule has 0 aliphatic heterocycles. The maximum atomic E-state index is 3.87. The van der Waals surface area contributed by atoms with Crippen LogP contribution in [0, 0.1) is 27.7 Å². The molecule has 94 valence electrons. The Morgan fingerprint density at radius 1 is 0.833 bits per heavy atom. The first-order valence-corrected chi connectivity index (χ1v) is 7.19. The highest BCUT2D eigenvalue weighted by Gasteiger charge is 2.16. The lowest BCUT2D eigenvalue weighted by Gasteiger charge is -2.18. The van der Waals surface area contributed by atoms with Crippen LogP contribution in [-0.4, -0.2) is 0 Å². The standard InChI is InChI=1S/C17H19Br/c1-11-8-9-15(14(4)10-11)17(18)16-12(2)6-5-7-13(16)3/h5-10,17H,1-4H3. The van der Waals surface area contributed by atoms with E-state index in [2.05, 4.69) is 80.0 Å². The predicted octanol–water partition coefficient (Wildman–Crippen LogP) is 5.40. The number of hydrogen-bond donors (Lipinski definition) is 0. The molecule has 0 radical (unpaired) electrons. The lowest BCUT2D eigenvalue weighted by Crippen LogP contribution is -2.01. The van der Waals surface area contributed by atoms with Gasteiger partial charge in [0, 0.05) is 0 Å². The molecular weight excluding hydrogens is 284 g/mol. The predicted molar refractivity (Wildman–Crippen MR) is 82.6 cm³/mol. The Balaban J connectivity index is 2.51. The Kier molecular flexibility index (Phi) is 3.91. The summed E-state index contributed by atoms with van der Waals surface area (Å²) in [6.45, 7) is 8.68. The van der Waals surface area contributed by atoms with Gasteiger partial charge in [0.1, 0.15) is 0 Å². The SMILES string of the molecule is Cc1ccc(C(Br)c2c(C)cccc2C)c(C)c1. The molecule has 0 heterocycles. The molecule has 0 N–H and O–H groups in total. The molecular formula is C17H19Br. The number of hydrogen-bond acceptors (Lipinski definition) is 0. The van der Waals surface area contributed by atoms with E-state index in [0.717, 1.165) is 0 Å². The van der Waals surface area contributed by atoms with E-state index in [1.54, 1.807) is 0 Å². The molecule has 0 aromatic heterocycles. The third-order valence-electron chi connectivity index (χ3n) is 3.49. The summed E-state index contributed by atoms with van der Waals surface area (Å²) < 4.78 is 0. The Labute approximate surface area is 118 Å². The van der Waals surface area contributed by atoms with Crippen molar-refractivity contribution >= 4 is 15.9 Å². The van der Waals surface area contributed by atoms with Gasteiger partial charge in [-0.1, -0.05) is 57.9 Å². The second-order valence-electron chi connectivity index (χ2n) is 5.03. The van der Waals surface area contributed by atoms with Crippen LogP contribution in [0.4, 0.5) is 0 Å². The monoisotopic (exact) mass is 302 g/mol. The van der Waals surface area contributed by atoms with Crippen LogP contribution in [0.2, 0.25) is 0 Å². The van der Waals surface area contributed by atoms with Gasteiger partial charge >= 0.3 is 0 Å². The maximum absolute atomic E-state index is 3.87. The molecule has 0 nitrogen and oxygen atoms in total. The van der Waals surface area contributed by atoms with Crippen molar-refractivity contribution in [3.05, 3.63) is 69.8 Å². The third kappa shape index (κ3) is 2.51. The van der Waals surface area contributed by atoms with Gasteiger partial charge in [-0.05, 0) is 55.5 Å². The highest BCUT2D eigenvalue weighted by Crippen LogP contribution is 2.36. The molecule has 2 aromatic carbocycles. The Morgan fingerprint density at radius 3 is 2.00 bits per heavy atom. The zero-order chi connectivity index (χ0) is 13.3. The molecule has 0 saturated heterocycles. The minimum absolute atomic E-state index is 0.277. The summed E-state index contributed by atoms with van der Waals surface area (Å²) in [6.07, 6.45) is 0. The van der Waals surface area contributed by atoms with Gasteiger partial charge in [0.05, 0.1) is 4.83 Å². The van der Waals surface area contributed by atoms with E-state index in [1.165, 1.54) is 33.4 Å². The first-order chi connectivity index (χ1) is 8.50. The van der Waals surface area contributed by atoms with Crippen molar-refractivity contribution in [2.24, 2.45) is 0 Å². The van der Waals surface area contributed by atoms with E-state index in [4.69, 9.17) is 0 Å². The van der Waals surface area contributed by atoms with Gasteiger partial charge in [0.15, 0.2) is 0 Å². The number of aryl methyl sites for hydroxylation is 4. The molecule has 0 fully saturated rings. The van der Waals surface area contributed by atoms with Crippen molar-refractivity contribution in [3.8, 4) is 0 Å². The molecule has 1 unspecified atom stereocenters. The zero-order valence-corrected chi connectivity index (χ0v) is 13.0. The number of rotatable bonds is 2. The van der Waals surface area contributed by atoms with E-state index in [0.29, 0.717) is 0 Å². The zero-order valence-electron chi connectivity index (χ0n) is 11.4. The van der Waals surface area contributed by atoms with E-state index >= 15 is 0 Å². The summed E-state index contributed by atoms with van der Waals surface area (Å²) >= 11 is 3.87. The summed E-state index contributed by atoms with van der Waals surface area (Å²) in [5.74, 6) is 0. The van der Waals surface area contributed by atoms with Crippen LogP contribution >= 0.6 is 15.9 Å². The van der Waals surface area contributed by atoms with E-state index in [9.17, 15) is 0 Å². The Hall–Kier alpha value is -1.08. The summed E-state index contributed by atoms with van der Waals surface area (Å²) in [4.78, 5) is 0.277. The molecule has 2 aromatic rings. The van der Waals surface area contributed by atoms with Crippen LogP contribution in [0.5, 0.6) is 0 Å². The Bertz CT molecular complexity index is 550. The molecule has 0 spiro atoms. The second-order valence-corrected chi connectivity index (χ2v) is 5.94. The van der Waals surface area contributed by atoms with Crippen LogP contribution in [0.15, 0.2) is 36.4 Å². The Morgan fingerprint density at radius 2 is 1.44 bits per heavy atom. The number of benzene rings is 2. The van der Waals surface area contributed by atoms with Gasteiger partial charge in [0.25, 0.3) is 0 Å². The van der Waals surface area contributed by atoms with Crippen molar-refractivity contribution in [1.82, 2.24) is 0 Å². The van der Waals surface area contributed by atoms with Crippen LogP contribution in [0.1, 0.15) is 38.2 Å². The minimum atomic E-state index is 0.277. The van der Waals surface area contributed by atoms with Gasteiger partial charge in [-0.15, -0.1) is 0 Å². The number of alkyl halides is 1. The quantitative estimate of drug-likeness (QED) is 0.651. The van der Waals surface area contributed by atoms with Crippen molar-refractivity contribution in [3.63, 3.8) is 0 Å². The van der Waals surface area contributed by atoms with Gasteiger partial charge in [-0.25, -0.2) is 0 Å². The molecule has 0 bridgehead atoms. The van der Waals surface area contributed by atoms with Crippen LogP contribution in [0.25, 0.3) is 0 Å². The second kappa shape index (κ2) is 5.27. The molecule has 0 aliphatic rings. The van der Waals surface area contributed by atoms with Gasteiger partial charge in [-0.2, -0.15) is 0 Å². The van der Waals surface area contributed by atoms with E-state index < -0.39 is 0 Å². The van der Waals surface area contributed by atoms with Crippen LogP contribution in [0.3, 0.4) is 0 Å². The van der Waals surface area contributed by atoms with Gasteiger partial charge < -0.3 is 0 Å². The fourth-order valence-electron chi connectivity index (χ4n) is 2.49. The van der Waals surface area contributed by atoms with Crippen molar-refractivity contribution < 1.29 is 0 Å². The van der Waals surface area contributed by atoms with Gasteiger partial charge in [-0.3, -0.25) is 0 Å². The first kappa shape index (κ1) is 13.4. The highest BCUT2D eigenvalue weighted by atomic mass is 79.9. The molecule has 0 amide bonds. The average Bonchev–Trinajstić information content (AvgIpc) is 2.28. The van der Waals surface area contributed by atoms with Crippen molar-refractivity contribution in [2.45, 2.75) is 32.5 Å². The topological polar surface area (TPSA) is 0 Å². The average molecular weight is 303 g/mol. The maximum Gasteiger partial charge on any atom is 0.0652 e. The van der Waals surface area contributed by atoms with Crippen LogP contribution < -0.4 is 0 Å². The lowest BCUT2D eigenvalue weighted by molar-refractivity contribution is 1.09. The summed E-state index contributed by atoms with van der Waals surface area (Å²) in [7, 11) is 0. The van der Waals surface area contributed by atoms with Crippen molar-refractivity contribution in [1.29, 1.82) is 0 Å². The molecule has 1 atom stereocenters. The van der Waals surface area contributed by atoms with Crippen LogP contribution in [-0.2, 0) is 0 Å². The summed E-state index contributed by atoms with van der Waals surface area (Å²) in [6, 6.07) is 13.1. The lowest BCUT2D eigenvalue weighted by atomic mass is 9.93. The third-order valence-corrected chi connectivity index (χ3v) is 4.45. The summed E-state index contributed by atoms with van der Waals surface area (Å²) in [5.41, 5.74) is 8.10. The molecule has 1 heteroatoms.